The van der Waals surface area contributed by atoms with Crippen molar-refractivity contribution in [1.29, 1.82) is 0 Å². The Balaban J connectivity index is 1.88. The van der Waals surface area contributed by atoms with Crippen LogP contribution >= 0.6 is 11.6 Å². The van der Waals surface area contributed by atoms with E-state index in [2.05, 4.69) is 38.6 Å². The smallest absolute Gasteiger partial charge is 0.407 e. The van der Waals surface area contributed by atoms with Crippen LogP contribution in [0.4, 0.5) is 16.3 Å². The number of anilines is 2. The number of carbonyl (C=O) groups is 1. The number of hydrogen-bond acceptors (Lipinski definition) is 6. The molecule has 0 bridgehead atoms. The summed E-state index contributed by atoms with van der Waals surface area (Å²) in [4.78, 5) is 30.9. The molecule has 10 heteroatoms. The highest BCUT2D eigenvalue weighted by molar-refractivity contribution is 6.30. The minimum Gasteiger partial charge on any atom is -0.465 e. The summed E-state index contributed by atoms with van der Waals surface area (Å²) < 4.78 is 1.93. The van der Waals surface area contributed by atoms with Gasteiger partial charge in [-0.15, -0.1) is 0 Å². The lowest BCUT2D eigenvalue weighted by molar-refractivity contribution is 0.136. The van der Waals surface area contributed by atoms with Crippen LogP contribution in [0.3, 0.4) is 0 Å². The average molecular weight is 444 g/mol. The van der Waals surface area contributed by atoms with Crippen LogP contribution in [0.1, 0.15) is 20.8 Å². The van der Waals surface area contributed by atoms with Crippen molar-refractivity contribution in [3.05, 3.63) is 35.9 Å². The van der Waals surface area contributed by atoms with Crippen LogP contribution in [0.5, 0.6) is 0 Å². The number of halogens is 1. The zero-order chi connectivity index (χ0) is 22.3. The molecule has 31 heavy (non-hydrogen) atoms. The van der Waals surface area contributed by atoms with Gasteiger partial charge in [0.15, 0.2) is 5.65 Å². The molecule has 9 nitrogen and oxygen atoms in total. The quantitative estimate of drug-likeness (QED) is 0.659. The third-order valence-corrected chi connectivity index (χ3v) is 6.06. The third kappa shape index (κ3) is 3.85. The van der Waals surface area contributed by atoms with E-state index < -0.39 is 6.09 Å². The first kappa shape index (κ1) is 21.2. The van der Waals surface area contributed by atoms with Crippen molar-refractivity contribution in [2.45, 2.75) is 32.9 Å². The van der Waals surface area contributed by atoms with Crippen molar-refractivity contribution in [1.82, 2.24) is 24.4 Å². The van der Waals surface area contributed by atoms with Crippen molar-refractivity contribution < 1.29 is 9.90 Å². The molecule has 0 saturated carbocycles. The van der Waals surface area contributed by atoms with Gasteiger partial charge in [0.25, 0.3) is 0 Å². The summed E-state index contributed by atoms with van der Waals surface area (Å²) in [6.45, 7) is 7.68. The second-order valence-corrected chi connectivity index (χ2v) is 8.52. The van der Waals surface area contributed by atoms with Gasteiger partial charge in [-0.1, -0.05) is 11.6 Å². The standard InChI is InChI=1S/C21H26ClN7O2/c1-13(2)26(4)16-11-29(17-9-15(22)5-6-23-17)20-18(16)19(24-12-25-20)28-8-7-27(21(30)31)10-14(28)3/h5-6,9,11-14H,7-8,10H2,1-4H3,(H,30,31)/t14-/m0/s1. The molecule has 3 aromatic rings. The van der Waals surface area contributed by atoms with E-state index in [4.69, 9.17) is 11.6 Å². The lowest BCUT2D eigenvalue weighted by atomic mass is 10.1. The number of rotatable bonds is 4. The number of hydrogen-bond donors (Lipinski definition) is 1. The first-order valence-corrected chi connectivity index (χ1v) is 10.6. The maximum Gasteiger partial charge on any atom is 0.407 e. The van der Waals surface area contributed by atoms with Crippen molar-refractivity contribution in [2.75, 3.05) is 36.5 Å². The van der Waals surface area contributed by atoms with Crippen LogP contribution in [0.25, 0.3) is 16.9 Å². The molecular formula is C21H26ClN7O2. The van der Waals surface area contributed by atoms with Crippen LogP contribution < -0.4 is 9.80 Å². The van der Waals surface area contributed by atoms with Crippen molar-refractivity contribution in [2.24, 2.45) is 0 Å². The Morgan fingerprint density at radius 3 is 2.71 bits per heavy atom. The molecule has 0 radical (unpaired) electrons. The normalized spacial score (nSPS) is 16.9. The Morgan fingerprint density at radius 1 is 1.29 bits per heavy atom. The highest BCUT2D eigenvalue weighted by atomic mass is 35.5. The van der Waals surface area contributed by atoms with Gasteiger partial charge < -0.3 is 19.8 Å². The highest BCUT2D eigenvalue weighted by Crippen LogP contribution is 2.37. The second kappa shape index (κ2) is 8.22. The van der Waals surface area contributed by atoms with E-state index >= 15 is 0 Å². The highest BCUT2D eigenvalue weighted by Gasteiger charge is 2.30. The summed E-state index contributed by atoms with van der Waals surface area (Å²) in [6, 6.07) is 3.77. The van der Waals surface area contributed by atoms with E-state index in [0.717, 1.165) is 22.5 Å². The van der Waals surface area contributed by atoms with E-state index in [0.29, 0.717) is 30.5 Å². The summed E-state index contributed by atoms with van der Waals surface area (Å²) >= 11 is 6.22. The SMILES string of the molecule is CC(C)N(C)c1cn(-c2cc(Cl)ccn2)c2ncnc(N3CCN(C(=O)O)C[C@@H]3C)c12. The first-order valence-electron chi connectivity index (χ1n) is 10.2. The number of nitrogens with zero attached hydrogens (tertiary/aromatic N) is 7. The molecule has 1 fully saturated rings. The second-order valence-electron chi connectivity index (χ2n) is 8.09. The molecule has 1 N–H and O–H groups in total. The van der Waals surface area contributed by atoms with Crippen LogP contribution in [0.15, 0.2) is 30.9 Å². The molecule has 1 saturated heterocycles. The van der Waals surface area contributed by atoms with Crippen molar-refractivity contribution in [3.8, 4) is 5.82 Å². The maximum absolute atomic E-state index is 11.4. The molecule has 0 spiro atoms. The number of piperazine rings is 1. The third-order valence-electron chi connectivity index (χ3n) is 5.82. The summed E-state index contributed by atoms with van der Waals surface area (Å²) in [5.74, 6) is 1.47. The van der Waals surface area contributed by atoms with Gasteiger partial charge in [-0.3, -0.25) is 4.57 Å². The lowest BCUT2D eigenvalue weighted by Gasteiger charge is -2.39. The van der Waals surface area contributed by atoms with Gasteiger partial charge in [-0.05, 0) is 26.8 Å². The van der Waals surface area contributed by atoms with E-state index in [9.17, 15) is 9.90 Å². The van der Waals surface area contributed by atoms with Gasteiger partial charge in [-0.2, -0.15) is 0 Å². The Morgan fingerprint density at radius 2 is 2.06 bits per heavy atom. The molecule has 164 valence electrons. The molecule has 0 unspecified atom stereocenters. The first-order chi connectivity index (χ1) is 14.8. The van der Waals surface area contributed by atoms with Gasteiger partial charge in [0.05, 0.1) is 11.1 Å². The molecule has 4 heterocycles. The molecule has 0 aromatic carbocycles. The van der Waals surface area contributed by atoms with E-state index in [1.807, 2.05) is 24.7 Å². The minimum atomic E-state index is -0.891. The predicted octanol–water partition coefficient (Wildman–Crippen LogP) is 3.50. The zero-order valence-electron chi connectivity index (χ0n) is 18.0. The monoisotopic (exact) mass is 443 g/mol. The molecule has 1 aliphatic heterocycles. The Hall–Kier alpha value is -3.07. The zero-order valence-corrected chi connectivity index (χ0v) is 18.8. The molecule has 1 aliphatic rings. The molecule has 1 amide bonds. The summed E-state index contributed by atoms with van der Waals surface area (Å²) in [5.41, 5.74) is 1.71. The van der Waals surface area contributed by atoms with Gasteiger partial charge in [0.2, 0.25) is 0 Å². The van der Waals surface area contributed by atoms with Gasteiger partial charge in [0.1, 0.15) is 18.0 Å². The maximum atomic E-state index is 11.4. The Bertz CT molecular complexity index is 1120. The Kier molecular flexibility index (Phi) is 5.62. The van der Waals surface area contributed by atoms with Gasteiger partial charge in [-0.25, -0.2) is 19.7 Å². The van der Waals surface area contributed by atoms with E-state index in [1.54, 1.807) is 24.7 Å². The van der Waals surface area contributed by atoms with Crippen LogP contribution in [0, 0.1) is 0 Å². The topological polar surface area (TPSA) is 90.6 Å². The fraction of sp³-hybridized carbons (Fsp3) is 0.429. The van der Waals surface area contributed by atoms with Gasteiger partial charge >= 0.3 is 6.09 Å². The van der Waals surface area contributed by atoms with Gasteiger partial charge in [0, 0.05) is 62.2 Å². The predicted molar refractivity (Wildman–Crippen MR) is 122 cm³/mol. The molecule has 0 aliphatic carbocycles. The number of pyridine rings is 1. The summed E-state index contributed by atoms with van der Waals surface area (Å²) in [5, 5.41) is 10.9. The fourth-order valence-electron chi connectivity index (χ4n) is 3.94. The molecule has 1 atom stereocenters. The summed E-state index contributed by atoms with van der Waals surface area (Å²) in [6.07, 6.45) is 4.34. The largest absolute Gasteiger partial charge is 0.465 e. The number of carboxylic acid groups (broad SMARTS) is 1. The van der Waals surface area contributed by atoms with E-state index in [-0.39, 0.29) is 12.1 Å². The van der Waals surface area contributed by atoms with Crippen LogP contribution in [-0.2, 0) is 0 Å². The fourth-order valence-corrected chi connectivity index (χ4v) is 4.09. The minimum absolute atomic E-state index is 0.0206. The van der Waals surface area contributed by atoms with E-state index in [1.165, 1.54) is 4.90 Å². The molecular weight excluding hydrogens is 418 g/mol. The van der Waals surface area contributed by atoms with Crippen molar-refractivity contribution >= 4 is 40.2 Å². The lowest BCUT2D eigenvalue weighted by Crippen LogP contribution is -2.53. The molecule has 3 aromatic heterocycles. The Labute approximate surface area is 185 Å². The van der Waals surface area contributed by atoms with Crippen LogP contribution in [-0.4, -0.2) is 74.4 Å². The average Bonchev–Trinajstić information content (AvgIpc) is 3.13. The number of amides is 1. The molecule has 4 rings (SSSR count). The summed E-state index contributed by atoms with van der Waals surface area (Å²) in [7, 11) is 2.04. The van der Waals surface area contributed by atoms with Crippen LogP contribution in [0.2, 0.25) is 5.02 Å². The van der Waals surface area contributed by atoms with Crippen molar-refractivity contribution in [3.63, 3.8) is 0 Å². The number of aromatic nitrogens is 4. The number of fused-ring (bicyclic) bond motifs is 1.